The standard InChI is InChI=1S/C11H14F2N4O2/c1-19-9(18)7-2-4-15-10(16-7)17-5-3-11(12,13)6-8(17)14/h2,4,8H,3,5-6,14H2,1H3. The molecule has 2 N–H and O–H groups in total. The highest BCUT2D eigenvalue weighted by molar-refractivity contribution is 5.87. The summed E-state index contributed by atoms with van der Waals surface area (Å²) in [5.41, 5.74) is 5.76. The van der Waals surface area contributed by atoms with Crippen LogP contribution < -0.4 is 10.6 Å². The van der Waals surface area contributed by atoms with Crippen molar-refractivity contribution >= 4 is 11.9 Å². The lowest BCUT2D eigenvalue weighted by molar-refractivity contribution is -0.0333. The number of anilines is 1. The Labute approximate surface area is 108 Å². The Hall–Kier alpha value is -1.83. The number of alkyl halides is 2. The predicted octanol–water partition coefficient (Wildman–Crippen LogP) is 0.783. The van der Waals surface area contributed by atoms with E-state index in [-0.39, 0.29) is 24.6 Å². The third-order valence-electron chi connectivity index (χ3n) is 2.92. The molecule has 6 nitrogen and oxygen atoms in total. The Balaban J connectivity index is 2.21. The quantitative estimate of drug-likeness (QED) is 0.801. The summed E-state index contributed by atoms with van der Waals surface area (Å²) in [7, 11) is 1.23. The lowest BCUT2D eigenvalue weighted by Gasteiger charge is -2.37. The summed E-state index contributed by atoms with van der Waals surface area (Å²) in [6, 6.07) is 1.39. The number of rotatable bonds is 2. The van der Waals surface area contributed by atoms with Crippen LogP contribution in [-0.4, -0.2) is 41.7 Å². The first-order valence-corrected chi connectivity index (χ1v) is 5.74. The maximum absolute atomic E-state index is 13.2. The van der Waals surface area contributed by atoms with Crippen molar-refractivity contribution in [1.82, 2.24) is 9.97 Å². The summed E-state index contributed by atoms with van der Waals surface area (Å²) in [6.45, 7) is 0.0405. The number of carbonyl (C=O) groups excluding carboxylic acids is 1. The van der Waals surface area contributed by atoms with E-state index in [1.54, 1.807) is 0 Å². The Kier molecular flexibility index (Phi) is 3.61. The van der Waals surface area contributed by atoms with Gasteiger partial charge in [0, 0.05) is 25.6 Å². The van der Waals surface area contributed by atoms with Gasteiger partial charge in [-0.25, -0.2) is 23.5 Å². The summed E-state index contributed by atoms with van der Waals surface area (Å²) in [4.78, 5) is 20.8. The number of ether oxygens (including phenoxy) is 1. The van der Waals surface area contributed by atoms with Crippen LogP contribution in [0.1, 0.15) is 23.3 Å². The van der Waals surface area contributed by atoms with Crippen LogP contribution in [0.4, 0.5) is 14.7 Å². The molecule has 104 valence electrons. The summed E-state index contributed by atoms with van der Waals surface area (Å²) in [5, 5.41) is 0. The SMILES string of the molecule is COC(=O)c1ccnc(N2CCC(F)(F)CC2N)n1. The number of hydrogen-bond donors (Lipinski definition) is 1. The highest BCUT2D eigenvalue weighted by atomic mass is 19.3. The number of esters is 1. The fourth-order valence-electron chi connectivity index (χ4n) is 1.92. The van der Waals surface area contributed by atoms with E-state index < -0.39 is 24.5 Å². The Morgan fingerprint density at radius 3 is 3.00 bits per heavy atom. The van der Waals surface area contributed by atoms with E-state index in [1.165, 1.54) is 24.3 Å². The summed E-state index contributed by atoms with van der Waals surface area (Å²) in [6.07, 6.45) is -0.281. The van der Waals surface area contributed by atoms with Crippen LogP contribution >= 0.6 is 0 Å². The zero-order valence-electron chi connectivity index (χ0n) is 10.3. The number of nitrogens with zero attached hydrogens (tertiary/aromatic N) is 3. The lowest BCUT2D eigenvalue weighted by Crippen LogP contribution is -2.52. The lowest BCUT2D eigenvalue weighted by atomic mass is 10.0. The number of piperidine rings is 1. The van der Waals surface area contributed by atoms with Crippen molar-refractivity contribution in [2.75, 3.05) is 18.6 Å². The second kappa shape index (κ2) is 5.04. The third kappa shape index (κ3) is 2.95. The average molecular weight is 272 g/mol. The van der Waals surface area contributed by atoms with Gasteiger partial charge in [0.25, 0.3) is 5.92 Å². The Morgan fingerprint density at radius 1 is 1.63 bits per heavy atom. The normalized spacial score (nSPS) is 22.1. The van der Waals surface area contributed by atoms with Gasteiger partial charge < -0.3 is 15.4 Å². The van der Waals surface area contributed by atoms with E-state index in [2.05, 4.69) is 14.7 Å². The first kappa shape index (κ1) is 13.6. The van der Waals surface area contributed by atoms with Crippen LogP contribution in [-0.2, 0) is 4.74 Å². The van der Waals surface area contributed by atoms with Gasteiger partial charge in [-0.1, -0.05) is 0 Å². The van der Waals surface area contributed by atoms with Crippen molar-refractivity contribution in [3.05, 3.63) is 18.0 Å². The molecule has 0 spiro atoms. The van der Waals surface area contributed by atoms with Gasteiger partial charge in [0.05, 0.1) is 13.3 Å². The van der Waals surface area contributed by atoms with Crippen molar-refractivity contribution < 1.29 is 18.3 Å². The number of nitrogens with two attached hydrogens (primary N) is 1. The smallest absolute Gasteiger partial charge is 0.356 e. The molecule has 1 unspecified atom stereocenters. The van der Waals surface area contributed by atoms with Gasteiger partial charge in [0.1, 0.15) is 0 Å². The summed E-state index contributed by atoms with van der Waals surface area (Å²) in [5.74, 6) is -3.22. The highest BCUT2D eigenvalue weighted by Gasteiger charge is 2.39. The van der Waals surface area contributed by atoms with Crippen molar-refractivity contribution in [2.24, 2.45) is 5.73 Å². The molecular formula is C11H14F2N4O2. The number of halogens is 2. The molecular weight excluding hydrogens is 258 g/mol. The van der Waals surface area contributed by atoms with Crippen molar-refractivity contribution in [3.63, 3.8) is 0 Å². The van der Waals surface area contributed by atoms with Gasteiger partial charge in [-0.2, -0.15) is 0 Å². The Bertz CT molecular complexity index is 484. The molecule has 1 atom stereocenters. The van der Waals surface area contributed by atoms with Crippen LogP contribution in [0.2, 0.25) is 0 Å². The zero-order chi connectivity index (χ0) is 14.0. The van der Waals surface area contributed by atoms with Crippen LogP contribution in [0.25, 0.3) is 0 Å². The van der Waals surface area contributed by atoms with Crippen LogP contribution in [0.5, 0.6) is 0 Å². The monoisotopic (exact) mass is 272 g/mol. The minimum atomic E-state index is -2.77. The molecule has 1 saturated heterocycles. The fourth-order valence-corrected chi connectivity index (χ4v) is 1.92. The number of methoxy groups -OCH3 is 1. The Morgan fingerprint density at radius 2 is 2.37 bits per heavy atom. The molecule has 2 heterocycles. The number of carbonyl (C=O) groups is 1. The largest absolute Gasteiger partial charge is 0.464 e. The van der Waals surface area contributed by atoms with Crippen molar-refractivity contribution in [2.45, 2.75) is 24.9 Å². The first-order valence-electron chi connectivity index (χ1n) is 5.74. The van der Waals surface area contributed by atoms with Gasteiger partial charge in [0.2, 0.25) is 5.95 Å². The zero-order valence-corrected chi connectivity index (χ0v) is 10.3. The second-order valence-electron chi connectivity index (χ2n) is 4.30. The molecule has 0 bridgehead atoms. The minimum Gasteiger partial charge on any atom is -0.464 e. The second-order valence-corrected chi connectivity index (χ2v) is 4.30. The van der Waals surface area contributed by atoms with Crippen molar-refractivity contribution in [3.8, 4) is 0 Å². The molecule has 1 aliphatic heterocycles. The molecule has 2 rings (SSSR count). The molecule has 0 radical (unpaired) electrons. The molecule has 0 amide bonds. The van der Waals surface area contributed by atoms with Gasteiger partial charge >= 0.3 is 5.97 Å². The van der Waals surface area contributed by atoms with E-state index in [9.17, 15) is 13.6 Å². The van der Waals surface area contributed by atoms with E-state index >= 15 is 0 Å². The van der Waals surface area contributed by atoms with Gasteiger partial charge in [-0.05, 0) is 6.07 Å². The molecule has 0 aliphatic carbocycles. The maximum atomic E-state index is 13.2. The third-order valence-corrected chi connectivity index (χ3v) is 2.92. The molecule has 1 aliphatic rings. The minimum absolute atomic E-state index is 0.0405. The topological polar surface area (TPSA) is 81.3 Å². The van der Waals surface area contributed by atoms with E-state index in [0.717, 1.165) is 0 Å². The van der Waals surface area contributed by atoms with E-state index in [4.69, 9.17) is 5.73 Å². The molecule has 0 saturated carbocycles. The average Bonchev–Trinajstić information content (AvgIpc) is 2.37. The summed E-state index contributed by atoms with van der Waals surface area (Å²) >= 11 is 0. The van der Waals surface area contributed by atoms with E-state index in [1.807, 2.05) is 0 Å². The van der Waals surface area contributed by atoms with Crippen LogP contribution in [0.3, 0.4) is 0 Å². The first-order chi connectivity index (χ1) is 8.93. The number of aromatic nitrogens is 2. The molecule has 19 heavy (non-hydrogen) atoms. The predicted molar refractivity (Wildman–Crippen MR) is 62.9 cm³/mol. The number of hydrogen-bond acceptors (Lipinski definition) is 6. The highest BCUT2D eigenvalue weighted by Crippen LogP contribution is 2.31. The molecule has 0 aromatic carbocycles. The molecule has 1 aromatic heterocycles. The summed E-state index contributed by atoms with van der Waals surface area (Å²) < 4.78 is 30.9. The molecule has 1 fully saturated rings. The molecule has 8 heteroatoms. The molecule has 1 aromatic rings. The van der Waals surface area contributed by atoms with Crippen LogP contribution in [0.15, 0.2) is 12.3 Å². The van der Waals surface area contributed by atoms with Gasteiger partial charge in [-0.3, -0.25) is 0 Å². The fraction of sp³-hybridized carbons (Fsp3) is 0.545. The van der Waals surface area contributed by atoms with Crippen LogP contribution in [0, 0.1) is 0 Å². The van der Waals surface area contributed by atoms with Gasteiger partial charge in [-0.15, -0.1) is 0 Å². The van der Waals surface area contributed by atoms with E-state index in [0.29, 0.717) is 0 Å². The maximum Gasteiger partial charge on any atom is 0.356 e. The van der Waals surface area contributed by atoms with Gasteiger partial charge in [0.15, 0.2) is 5.69 Å². The van der Waals surface area contributed by atoms with Crippen molar-refractivity contribution in [1.29, 1.82) is 0 Å².